The predicted octanol–water partition coefficient (Wildman–Crippen LogP) is 4.24. The highest BCUT2D eigenvalue weighted by atomic mass is 35.5. The van der Waals surface area contributed by atoms with Crippen molar-refractivity contribution in [3.8, 4) is 11.3 Å². The Balaban J connectivity index is 1.69. The minimum Gasteiger partial charge on any atom is -0.358 e. The average molecular weight is 392 g/mol. The van der Waals surface area contributed by atoms with Crippen molar-refractivity contribution in [1.29, 1.82) is 0 Å². The second kappa shape index (κ2) is 7.70. The molecule has 7 heteroatoms. The fraction of sp³-hybridized carbons (Fsp3) is 0.0952. The number of benzene rings is 2. The smallest absolute Gasteiger partial charge is 0.239 e. The van der Waals surface area contributed by atoms with Crippen LogP contribution in [-0.2, 0) is 11.3 Å². The van der Waals surface area contributed by atoms with Crippen molar-refractivity contribution in [3.05, 3.63) is 72.0 Å². The summed E-state index contributed by atoms with van der Waals surface area (Å²) in [5, 5.41) is 7.50. The van der Waals surface area contributed by atoms with E-state index in [1.54, 1.807) is 13.2 Å². The lowest BCUT2D eigenvalue weighted by atomic mass is 10.1. The maximum absolute atomic E-state index is 11.7. The van der Waals surface area contributed by atoms with E-state index in [4.69, 9.17) is 11.6 Å². The number of rotatable bonds is 5. The van der Waals surface area contributed by atoms with E-state index in [9.17, 15) is 4.79 Å². The molecule has 0 aliphatic heterocycles. The van der Waals surface area contributed by atoms with Crippen LogP contribution >= 0.6 is 11.6 Å². The Morgan fingerprint density at radius 2 is 2.00 bits per heavy atom. The Morgan fingerprint density at radius 3 is 2.82 bits per heavy atom. The van der Waals surface area contributed by atoms with Gasteiger partial charge in [-0.25, -0.2) is 9.97 Å². The first-order valence-electron chi connectivity index (χ1n) is 8.78. The number of nitrogens with one attached hydrogen (secondary N) is 2. The van der Waals surface area contributed by atoms with Gasteiger partial charge >= 0.3 is 0 Å². The van der Waals surface area contributed by atoms with Gasteiger partial charge in [0.25, 0.3) is 0 Å². The molecule has 0 aliphatic carbocycles. The molecule has 0 bridgehead atoms. The van der Waals surface area contributed by atoms with Crippen LogP contribution < -0.4 is 10.6 Å². The lowest BCUT2D eigenvalue weighted by Gasteiger charge is -2.09. The van der Waals surface area contributed by atoms with Crippen molar-refractivity contribution in [2.24, 2.45) is 0 Å². The summed E-state index contributed by atoms with van der Waals surface area (Å²) in [4.78, 5) is 20.7. The molecule has 0 atom stereocenters. The average Bonchev–Trinajstić information content (AvgIpc) is 3.11. The number of amides is 1. The summed E-state index contributed by atoms with van der Waals surface area (Å²) in [6.07, 6.45) is 3.63. The third-order valence-corrected chi connectivity index (χ3v) is 4.65. The molecule has 0 radical (unpaired) electrons. The number of likely N-dealkylation sites (N-methyl/N-ethyl adjacent to an activating group) is 1. The van der Waals surface area contributed by atoms with E-state index in [0.717, 1.165) is 27.8 Å². The number of carbonyl (C=O) groups is 1. The minimum absolute atomic E-state index is 0.0436. The van der Waals surface area contributed by atoms with Crippen molar-refractivity contribution >= 4 is 40.0 Å². The maximum Gasteiger partial charge on any atom is 0.239 e. The van der Waals surface area contributed by atoms with Gasteiger partial charge in [-0.05, 0) is 36.4 Å². The number of carbonyl (C=O) groups excluding carboxylic acids is 1. The first-order chi connectivity index (χ1) is 13.6. The Kier molecular flexibility index (Phi) is 4.95. The van der Waals surface area contributed by atoms with Crippen molar-refractivity contribution in [1.82, 2.24) is 19.9 Å². The van der Waals surface area contributed by atoms with Gasteiger partial charge in [0.1, 0.15) is 6.54 Å². The molecular formula is C21H18ClN5O. The van der Waals surface area contributed by atoms with Gasteiger partial charge in [-0.1, -0.05) is 29.8 Å². The van der Waals surface area contributed by atoms with Crippen LogP contribution in [0.15, 0.2) is 67.0 Å². The van der Waals surface area contributed by atoms with E-state index in [2.05, 4.69) is 20.6 Å². The Bertz CT molecular complexity index is 1150. The summed E-state index contributed by atoms with van der Waals surface area (Å²) >= 11 is 6.04. The SMILES string of the molecule is CNC(=O)Cn1ccc2c(-c3ccnc(Nc4cccc(Cl)c4)n3)cccc21. The number of anilines is 2. The molecule has 4 rings (SSSR count). The van der Waals surface area contributed by atoms with E-state index >= 15 is 0 Å². The van der Waals surface area contributed by atoms with E-state index in [0.29, 0.717) is 11.0 Å². The molecule has 4 aromatic rings. The number of nitrogens with zero attached hydrogens (tertiary/aromatic N) is 3. The quantitative estimate of drug-likeness (QED) is 0.533. The monoisotopic (exact) mass is 391 g/mol. The molecule has 1 amide bonds. The summed E-state index contributed by atoms with van der Waals surface area (Å²) in [6, 6.07) is 17.2. The van der Waals surface area contributed by atoms with Crippen molar-refractivity contribution in [3.63, 3.8) is 0 Å². The second-order valence-corrected chi connectivity index (χ2v) is 6.69. The summed E-state index contributed by atoms with van der Waals surface area (Å²) in [5.41, 5.74) is 3.57. The first kappa shape index (κ1) is 18.0. The highest BCUT2D eigenvalue weighted by Gasteiger charge is 2.11. The summed E-state index contributed by atoms with van der Waals surface area (Å²) in [5.74, 6) is 0.444. The van der Waals surface area contributed by atoms with Gasteiger partial charge in [0, 0.05) is 46.6 Å². The number of halogens is 1. The molecule has 0 spiro atoms. The van der Waals surface area contributed by atoms with Crippen LogP contribution in [0.5, 0.6) is 0 Å². The van der Waals surface area contributed by atoms with E-state index in [-0.39, 0.29) is 12.5 Å². The molecule has 28 heavy (non-hydrogen) atoms. The molecule has 0 unspecified atom stereocenters. The van der Waals surface area contributed by atoms with Gasteiger partial charge in [-0.3, -0.25) is 4.79 Å². The molecule has 0 saturated carbocycles. The largest absolute Gasteiger partial charge is 0.358 e. The van der Waals surface area contributed by atoms with Crippen molar-refractivity contribution in [2.75, 3.05) is 12.4 Å². The van der Waals surface area contributed by atoms with Gasteiger partial charge in [0.05, 0.1) is 5.69 Å². The standard InChI is InChI=1S/C21H18ClN5O/c1-23-20(28)13-27-11-9-17-16(6-3-7-19(17)27)18-8-10-24-21(26-18)25-15-5-2-4-14(22)12-15/h2-12H,13H2,1H3,(H,23,28)(H,24,25,26). The molecule has 2 heterocycles. The molecule has 2 aromatic heterocycles. The summed E-state index contributed by atoms with van der Waals surface area (Å²) in [7, 11) is 1.63. The fourth-order valence-electron chi connectivity index (χ4n) is 3.08. The van der Waals surface area contributed by atoms with E-state index in [1.165, 1.54) is 0 Å². The minimum atomic E-state index is -0.0436. The molecule has 2 aromatic carbocycles. The molecule has 140 valence electrons. The summed E-state index contributed by atoms with van der Waals surface area (Å²) < 4.78 is 1.92. The molecule has 6 nitrogen and oxygen atoms in total. The Hall–Kier alpha value is -3.38. The lowest BCUT2D eigenvalue weighted by Crippen LogP contribution is -2.22. The van der Waals surface area contributed by atoms with E-state index < -0.39 is 0 Å². The number of aromatic nitrogens is 3. The molecule has 0 fully saturated rings. The molecule has 0 aliphatic rings. The second-order valence-electron chi connectivity index (χ2n) is 6.26. The van der Waals surface area contributed by atoms with Crippen LogP contribution in [0.4, 0.5) is 11.6 Å². The van der Waals surface area contributed by atoms with Crippen LogP contribution in [0, 0.1) is 0 Å². The van der Waals surface area contributed by atoms with Gasteiger partial charge in [-0.15, -0.1) is 0 Å². The van der Waals surface area contributed by atoms with Crippen molar-refractivity contribution < 1.29 is 4.79 Å². The highest BCUT2D eigenvalue weighted by Crippen LogP contribution is 2.29. The van der Waals surface area contributed by atoms with Crippen LogP contribution in [0.1, 0.15) is 0 Å². The normalized spacial score (nSPS) is 10.8. The first-order valence-corrected chi connectivity index (χ1v) is 9.16. The van der Waals surface area contributed by atoms with Gasteiger partial charge in [-0.2, -0.15) is 0 Å². The van der Waals surface area contributed by atoms with Gasteiger partial charge in [0.2, 0.25) is 11.9 Å². The number of hydrogen-bond donors (Lipinski definition) is 2. The lowest BCUT2D eigenvalue weighted by molar-refractivity contribution is -0.121. The number of hydrogen-bond acceptors (Lipinski definition) is 4. The molecule has 0 saturated heterocycles. The topological polar surface area (TPSA) is 71.8 Å². The third kappa shape index (κ3) is 3.68. The van der Waals surface area contributed by atoms with Crippen LogP contribution in [-0.4, -0.2) is 27.5 Å². The van der Waals surface area contributed by atoms with Crippen LogP contribution in [0.25, 0.3) is 22.2 Å². The van der Waals surface area contributed by atoms with Crippen molar-refractivity contribution in [2.45, 2.75) is 6.54 Å². The Morgan fingerprint density at radius 1 is 1.14 bits per heavy atom. The zero-order chi connectivity index (χ0) is 19.5. The van der Waals surface area contributed by atoms with E-state index in [1.807, 2.05) is 65.4 Å². The third-order valence-electron chi connectivity index (χ3n) is 4.42. The molecular weight excluding hydrogens is 374 g/mol. The zero-order valence-electron chi connectivity index (χ0n) is 15.2. The zero-order valence-corrected chi connectivity index (χ0v) is 15.9. The predicted molar refractivity (Wildman–Crippen MR) is 112 cm³/mol. The highest BCUT2D eigenvalue weighted by molar-refractivity contribution is 6.30. The number of fused-ring (bicyclic) bond motifs is 1. The maximum atomic E-state index is 11.7. The Labute approximate surface area is 167 Å². The fourth-order valence-corrected chi connectivity index (χ4v) is 3.27. The van der Waals surface area contributed by atoms with Crippen LogP contribution in [0.2, 0.25) is 5.02 Å². The summed E-state index contributed by atoms with van der Waals surface area (Å²) in [6.45, 7) is 0.273. The van der Waals surface area contributed by atoms with Gasteiger partial charge < -0.3 is 15.2 Å². The van der Waals surface area contributed by atoms with Gasteiger partial charge in [0.15, 0.2) is 0 Å². The molecule has 2 N–H and O–H groups in total. The van der Waals surface area contributed by atoms with Crippen LogP contribution in [0.3, 0.4) is 0 Å².